The number of hydrogen-bond acceptors (Lipinski definition) is 5. The van der Waals surface area contributed by atoms with Crippen molar-refractivity contribution in [2.24, 2.45) is 5.18 Å². The van der Waals surface area contributed by atoms with E-state index in [0.29, 0.717) is 11.4 Å². The van der Waals surface area contributed by atoms with Crippen LogP contribution in [0, 0.1) is 9.68 Å². The van der Waals surface area contributed by atoms with Gasteiger partial charge < -0.3 is 5.11 Å². The molecule has 0 aliphatic heterocycles. The highest BCUT2D eigenvalue weighted by Crippen LogP contribution is 2.26. The fraction of sp³-hybridized carbons (Fsp3) is 0. The number of aromatic hydroxyl groups is 1. The van der Waals surface area contributed by atoms with Gasteiger partial charge in [-0.05, 0) is 41.7 Å². The molecule has 1 N–H and O–H groups in total. The summed E-state index contributed by atoms with van der Waals surface area (Å²) in [7, 11) is 0. The molecule has 0 bridgehead atoms. The van der Waals surface area contributed by atoms with Crippen molar-refractivity contribution >= 4 is 17.9 Å². The van der Waals surface area contributed by atoms with E-state index in [4.69, 9.17) is 12.2 Å². The Bertz CT molecular complexity index is 979. The first-order valence-electron chi connectivity index (χ1n) is 6.70. The standard InChI is InChI=1S/C16H11N3O3S/c20-14-13(17-22)15(21)19(12-9-5-2-6-10-12)16(23)18(14)11-7-3-1-4-8-11/h1-10,20H. The topological polar surface area (TPSA) is 76.6 Å². The third-order valence-corrected chi connectivity index (χ3v) is 3.70. The van der Waals surface area contributed by atoms with Gasteiger partial charge in [-0.1, -0.05) is 36.4 Å². The molecule has 114 valence electrons. The van der Waals surface area contributed by atoms with Crippen LogP contribution < -0.4 is 5.56 Å². The quantitative estimate of drug-likeness (QED) is 0.591. The van der Waals surface area contributed by atoms with Crippen molar-refractivity contribution in [3.05, 3.63) is 80.7 Å². The average molecular weight is 325 g/mol. The van der Waals surface area contributed by atoms with Crippen molar-refractivity contribution < 1.29 is 5.11 Å². The molecule has 0 unspecified atom stereocenters. The van der Waals surface area contributed by atoms with Crippen LogP contribution in [0.1, 0.15) is 0 Å². The molecule has 0 aliphatic carbocycles. The maximum absolute atomic E-state index is 12.5. The van der Waals surface area contributed by atoms with E-state index in [1.807, 2.05) is 0 Å². The largest absolute Gasteiger partial charge is 0.492 e. The number of rotatable bonds is 3. The van der Waals surface area contributed by atoms with Crippen LogP contribution in [-0.4, -0.2) is 14.2 Å². The smallest absolute Gasteiger partial charge is 0.292 e. The maximum Gasteiger partial charge on any atom is 0.292 e. The minimum atomic E-state index is -0.763. The van der Waals surface area contributed by atoms with E-state index in [9.17, 15) is 14.8 Å². The molecule has 0 fully saturated rings. The molecule has 6 nitrogen and oxygen atoms in total. The normalized spacial score (nSPS) is 10.4. The van der Waals surface area contributed by atoms with Gasteiger partial charge in [0.2, 0.25) is 11.6 Å². The third kappa shape index (κ3) is 2.47. The van der Waals surface area contributed by atoms with E-state index in [2.05, 4.69) is 5.18 Å². The lowest BCUT2D eigenvalue weighted by Crippen LogP contribution is -2.23. The lowest BCUT2D eigenvalue weighted by atomic mass is 10.3. The predicted octanol–water partition coefficient (Wildman–Crippen LogP) is 3.46. The molecule has 1 aromatic heterocycles. The zero-order chi connectivity index (χ0) is 16.4. The van der Waals surface area contributed by atoms with E-state index in [-0.39, 0.29) is 4.77 Å². The number of hydrogen-bond donors (Lipinski definition) is 1. The van der Waals surface area contributed by atoms with Gasteiger partial charge in [-0.2, -0.15) is 0 Å². The van der Waals surface area contributed by atoms with Gasteiger partial charge in [0.05, 0.1) is 11.4 Å². The highest BCUT2D eigenvalue weighted by atomic mass is 32.1. The molecular weight excluding hydrogens is 314 g/mol. The van der Waals surface area contributed by atoms with Crippen molar-refractivity contribution in [2.75, 3.05) is 0 Å². The van der Waals surface area contributed by atoms with Crippen molar-refractivity contribution in [1.82, 2.24) is 9.13 Å². The molecule has 0 saturated heterocycles. The Kier molecular flexibility index (Phi) is 3.86. The number of benzene rings is 2. The van der Waals surface area contributed by atoms with Crippen LogP contribution in [0.3, 0.4) is 0 Å². The number of nitrogens with zero attached hydrogens (tertiary/aromatic N) is 3. The summed E-state index contributed by atoms with van der Waals surface area (Å²) in [5.74, 6) is -0.576. The number of aromatic nitrogens is 2. The van der Waals surface area contributed by atoms with Gasteiger partial charge in [-0.25, -0.2) is 0 Å². The Morgan fingerprint density at radius 1 is 0.870 bits per heavy atom. The summed E-state index contributed by atoms with van der Waals surface area (Å²) in [6.45, 7) is 0. The molecule has 0 radical (unpaired) electrons. The molecule has 0 aliphatic rings. The minimum absolute atomic E-state index is 0.0392. The Balaban J connectivity index is 2.46. The summed E-state index contributed by atoms with van der Waals surface area (Å²) in [4.78, 5) is 23.5. The third-order valence-electron chi connectivity index (χ3n) is 3.33. The second-order valence-corrected chi connectivity index (χ2v) is 5.06. The number of nitroso groups, excluding NO2 is 1. The SMILES string of the molecule is O=Nc1c(O)n(-c2ccccc2)c(=S)n(-c2ccccc2)c1=O. The average Bonchev–Trinajstić information content (AvgIpc) is 2.57. The number of para-hydroxylation sites is 2. The van der Waals surface area contributed by atoms with E-state index < -0.39 is 17.1 Å². The molecule has 2 aromatic carbocycles. The fourth-order valence-electron chi connectivity index (χ4n) is 2.28. The van der Waals surface area contributed by atoms with E-state index in [1.165, 1.54) is 9.13 Å². The van der Waals surface area contributed by atoms with Crippen molar-refractivity contribution in [1.29, 1.82) is 0 Å². The summed E-state index contributed by atoms with van der Waals surface area (Å²) in [6.07, 6.45) is 0. The lowest BCUT2D eigenvalue weighted by molar-refractivity contribution is 0.433. The summed E-state index contributed by atoms with van der Waals surface area (Å²) in [6, 6.07) is 17.3. The molecule has 0 spiro atoms. The molecule has 3 aromatic rings. The molecule has 7 heteroatoms. The highest BCUT2D eigenvalue weighted by Gasteiger charge is 2.19. The van der Waals surface area contributed by atoms with Gasteiger partial charge >= 0.3 is 0 Å². The first kappa shape index (κ1) is 14.9. The van der Waals surface area contributed by atoms with Crippen LogP contribution in [-0.2, 0) is 0 Å². The Labute approximate surface area is 135 Å². The van der Waals surface area contributed by atoms with Crippen LogP contribution in [0.4, 0.5) is 5.69 Å². The van der Waals surface area contributed by atoms with Gasteiger partial charge in [-0.3, -0.25) is 13.9 Å². The van der Waals surface area contributed by atoms with Crippen molar-refractivity contribution in [3.63, 3.8) is 0 Å². The zero-order valence-electron chi connectivity index (χ0n) is 11.8. The Hall–Kier alpha value is -3.06. The van der Waals surface area contributed by atoms with Gasteiger partial charge in [-0.15, -0.1) is 4.91 Å². The van der Waals surface area contributed by atoms with Gasteiger partial charge in [0, 0.05) is 0 Å². The molecule has 0 saturated carbocycles. The van der Waals surface area contributed by atoms with Gasteiger partial charge in [0.1, 0.15) is 0 Å². The van der Waals surface area contributed by atoms with Crippen LogP contribution in [0.25, 0.3) is 11.4 Å². The molecule has 0 amide bonds. The maximum atomic E-state index is 12.5. The van der Waals surface area contributed by atoms with Crippen LogP contribution in [0.2, 0.25) is 0 Å². The second kappa shape index (κ2) is 5.98. The van der Waals surface area contributed by atoms with Crippen LogP contribution >= 0.6 is 12.2 Å². The first-order chi connectivity index (χ1) is 11.1. The minimum Gasteiger partial charge on any atom is -0.492 e. The van der Waals surface area contributed by atoms with Gasteiger partial charge in [0.25, 0.3) is 5.56 Å². The van der Waals surface area contributed by atoms with Gasteiger partial charge in [0.15, 0.2) is 4.77 Å². The Morgan fingerprint density at radius 3 is 1.83 bits per heavy atom. The zero-order valence-corrected chi connectivity index (χ0v) is 12.6. The summed E-state index contributed by atoms with van der Waals surface area (Å²) < 4.78 is 2.44. The van der Waals surface area contributed by atoms with Crippen molar-refractivity contribution in [3.8, 4) is 17.3 Å². The van der Waals surface area contributed by atoms with E-state index in [1.54, 1.807) is 60.7 Å². The second-order valence-electron chi connectivity index (χ2n) is 4.69. The summed E-state index contributed by atoms with van der Waals surface area (Å²) >= 11 is 5.36. The molecular formula is C16H11N3O3S. The fourth-order valence-corrected chi connectivity index (χ4v) is 2.66. The van der Waals surface area contributed by atoms with Crippen LogP contribution in [0.5, 0.6) is 5.88 Å². The highest BCUT2D eigenvalue weighted by molar-refractivity contribution is 7.71. The van der Waals surface area contributed by atoms with Crippen molar-refractivity contribution in [2.45, 2.75) is 0 Å². The Morgan fingerprint density at radius 2 is 1.35 bits per heavy atom. The molecule has 23 heavy (non-hydrogen) atoms. The molecule has 3 rings (SSSR count). The lowest BCUT2D eigenvalue weighted by Gasteiger charge is -2.15. The molecule has 0 atom stereocenters. The van der Waals surface area contributed by atoms with E-state index in [0.717, 1.165) is 0 Å². The van der Waals surface area contributed by atoms with E-state index >= 15 is 0 Å². The van der Waals surface area contributed by atoms with Crippen LogP contribution in [0.15, 0.2) is 70.6 Å². The summed E-state index contributed by atoms with van der Waals surface area (Å²) in [5.41, 5.74) is -0.353. The summed E-state index contributed by atoms with van der Waals surface area (Å²) in [5, 5.41) is 12.9. The molecule has 1 heterocycles. The predicted molar refractivity (Wildman–Crippen MR) is 89.3 cm³/mol. The first-order valence-corrected chi connectivity index (χ1v) is 7.11. The monoisotopic (exact) mass is 325 g/mol.